The third-order valence-electron chi connectivity index (χ3n) is 3.04. The van der Waals surface area contributed by atoms with Gasteiger partial charge >= 0.3 is 0 Å². The van der Waals surface area contributed by atoms with Gasteiger partial charge in [0.1, 0.15) is 0 Å². The number of nitrogens with zero attached hydrogens (tertiary/aromatic N) is 1. The van der Waals surface area contributed by atoms with Gasteiger partial charge in [0.05, 0.1) is 6.10 Å². The molecule has 0 bridgehead atoms. The Morgan fingerprint density at radius 1 is 1.29 bits per heavy atom. The van der Waals surface area contributed by atoms with E-state index in [2.05, 4.69) is 10.2 Å². The van der Waals surface area contributed by atoms with Crippen molar-refractivity contribution in [3.63, 3.8) is 0 Å². The van der Waals surface area contributed by atoms with Gasteiger partial charge in [0.25, 0.3) is 0 Å². The zero-order valence-corrected chi connectivity index (χ0v) is 9.13. The van der Waals surface area contributed by atoms with Crippen LogP contribution in [0.1, 0.15) is 6.42 Å². The van der Waals surface area contributed by atoms with Gasteiger partial charge in [0.15, 0.2) is 0 Å². The van der Waals surface area contributed by atoms with Gasteiger partial charge in [-0.1, -0.05) is 0 Å². The summed E-state index contributed by atoms with van der Waals surface area (Å²) in [5, 5.41) is 12.9. The maximum absolute atomic E-state index is 11.3. The molecule has 0 aromatic rings. The standard InChI is InChI=1S/C9H18N2O2S/c12-9-7-10-6-8(9)11-2-1-4-14(13)5-3-11/h8-10,12H,1-7H2. The Morgan fingerprint density at radius 3 is 2.86 bits per heavy atom. The van der Waals surface area contributed by atoms with Crippen molar-refractivity contribution in [2.24, 2.45) is 0 Å². The van der Waals surface area contributed by atoms with Gasteiger partial charge in [-0.2, -0.15) is 0 Å². The zero-order chi connectivity index (χ0) is 9.97. The maximum Gasteiger partial charge on any atom is 0.0831 e. The lowest BCUT2D eigenvalue weighted by Gasteiger charge is -2.28. The Hall–Kier alpha value is 0.0300. The van der Waals surface area contributed by atoms with Crippen LogP contribution in [0.2, 0.25) is 0 Å². The smallest absolute Gasteiger partial charge is 0.0831 e. The van der Waals surface area contributed by atoms with Crippen LogP contribution in [-0.2, 0) is 10.8 Å². The van der Waals surface area contributed by atoms with E-state index >= 15 is 0 Å². The molecule has 2 saturated heterocycles. The highest BCUT2D eigenvalue weighted by molar-refractivity contribution is 7.85. The molecule has 4 nitrogen and oxygen atoms in total. The van der Waals surface area contributed by atoms with E-state index in [0.29, 0.717) is 6.54 Å². The Labute approximate surface area is 87.1 Å². The number of rotatable bonds is 1. The Bertz CT molecular complexity index is 225. The van der Waals surface area contributed by atoms with Gasteiger partial charge in [-0.05, 0) is 13.0 Å². The SMILES string of the molecule is O=S1CCCN(C2CNCC2O)CC1. The van der Waals surface area contributed by atoms with E-state index < -0.39 is 10.8 Å². The molecule has 2 aliphatic rings. The minimum atomic E-state index is -0.633. The molecule has 82 valence electrons. The molecule has 0 radical (unpaired) electrons. The minimum Gasteiger partial charge on any atom is -0.390 e. The molecule has 14 heavy (non-hydrogen) atoms. The zero-order valence-electron chi connectivity index (χ0n) is 8.32. The molecule has 2 N–H and O–H groups in total. The topological polar surface area (TPSA) is 52.6 Å². The van der Waals surface area contributed by atoms with Crippen LogP contribution in [-0.4, -0.2) is 64.0 Å². The van der Waals surface area contributed by atoms with Gasteiger partial charge in [-0.15, -0.1) is 0 Å². The number of nitrogens with one attached hydrogen (secondary N) is 1. The van der Waals surface area contributed by atoms with E-state index in [1.54, 1.807) is 0 Å². The first-order valence-electron chi connectivity index (χ1n) is 5.25. The van der Waals surface area contributed by atoms with E-state index in [1.807, 2.05) is 0 Å². The second-order valence-electron chi connectivity index (χ2n) is 4.03. The largest absolute Gasteiger partial charge is 0.390 e. The maximum atomic E-state index is 11.3. The highest BCUT2D eigenvalue weighted by atomic mass is 32.2. The summed E-state index contributed by atoms with van der Waals surface area (Å²) in [4.78, 5) is 2.29. The summed E-state index contributed by atoms with van der Waals surface area (Å²) >= 11 is 0. The highest BCUT2D eigenvalue weighted by Gasteiger charge is 2.31. The van der Waals surface area contributed by atoms with Crippen molar-refractivity contribution in [2.75, 3.05) is 37.7 Å². The fraction of sp³-hybridized carbons (Fsp3) is 1.00. The fourth-order valence-electron chi connectivity index (χ4n) is 2.22. The summed E-state index contributed by atoms with van der Waals surface area (Å²) < 4.78 is 11.3. The van der Waals surface area contributed by atoms with Crippen molar-refractivity contribution >= 4 is 10.8 Å². The van der Waals surface area contributed by atoms with Crippen LogP contribution < -0.4 is 5.32 Å². The molecule has 0 aromatic carbocycles. The average molecular weight is 218 g/mol. The van der Waals surface area contributed by atoms with Crippen LogP contribution in [0.3, 0.4) is 0 Å². The van der Waals surface area contributed by atoms with Crippen molar-refractivity contribution in [1.82, 2.24) is 10.2 Å². The van der Waals surface area contributed by atoms with Crippen LogP contribution in [0, 0.1) is 0 Å². The van der Waals surface area contributed by atoms with Crippen molar-refractivity contribution < 1.29 is 9.32 Å². The predicted octanol–water partition coefficient (Wildman–Crippen LogP) is -1.23. The van der Waals surface area contributed by atoms with Gasteiger partial charge in [-0.25, -0.2) is 0 Å². The average Bonchev–Trinajstić information content (AvgIpc) is 2.46. The molecule has 2 fully saturated rings. The quantitative estimate of drug-likeness (QED) is 0.579. The highest BCUT2D eigenvalue weighted by Crippen LogP contribution is 2.12. The van der Waals surface area contributed by atoms with Gasteiger partial charge in [0.2, 0.25) is 0 Å². The number of hydrogen-bond acceptors (Lipinski definition) is 4. The summed E-state index contributed by atoms with van der Waals surface area (Å²) in [5.74, 6) is 1.59. The molecule has 2 aliphatic heterocycles. The number of β-amino-alcohol motifs (C(OH)–C–C–N with tert-alkyl or cyclic N) is 1. The van der Waals surface area contributed by atoms with Gasteiger partial charge in [0, 0.05) is 48.0 Å². The molecular formula is C9H18N2O2S. The number of hydrogen-bond donors (Lipinski definition) is 2. The van der Waals surface area contributed by atoms with E-state index in [4.69, 9.17) is 0 Å². The molecule has 0 spiro atoms. The van der Waals surface area contributed by atoms with Crippen LogP contribution in [0.25, 0.3) is 0 Å². The lowest BCUT2D eigenvalue weighted by atomic mass is 10.2. The summed E-state index contributed by atoms with van der Waals surface area (Å²) in [6, 6.07) is 0.241. The lowest BCUT2D eigenvalue weighted by molar-refractivity contribution is 0.0881. The minimum absolute atomic E-state index is 0.241. The molecule has 2 rings (SSSR count). The second-order valence-corrected chi connectivity index (χ2v) is 5.73. The van der Waals surface area contributed by atoms with E-state index in [0.717, 1.165) is 37.6 Å². The molecule has 3 unspecified atom stereocenters. The third-order valence-corrected chi connectivity index (χ3v) is 4.43. The summed E-state index contributed by atoms with van der Waals surface area (Å²) in [7, 11) is -0.633. The Kier molecular flexibility index (Phi) is 3.54. The lowest BCUT2D eigenvalue weighted by Crippen LogP contribution is -2.44. The monoisotopic (exact) mass is 218 g/mol. The van der Waals surface area contributed by atoms with Crippen molar-refractivity contribution in [3.05, 3.63) is 0 Å². The van der Waals surface area contributed by atoms with Gasteiger partial charge in [-0.3, -0.25) is 9.11 Å². The second kappa shape index (κ2) is 4.70. The Balaban J connectivity index is 1.93. The van der Waals surface area contributed by atoms with E-state index in [9.17, 15) is 9.32 Å². The summed E-state index contributed by atoms with van der Waals surface area (Å²) in [6.07, 6.45) is 0.747. The van der Waals surface area contributed by atoms with Gasteiger partial charge < -0.3 is 10.4 Å². The predicted molar refractivity (Wildman–Crippen MR) is 56.7 cm³/mol. The molecule has 3 atom stereocenters. The molecule has 0 amide bonds. The molecule has 0 saturated carbocycles. The van der Waals surface area contributed by atoms with Crippen LogP contribution >= 0.6 is 0 Å². The first kappa shape index (κ1) is 10.5. The Morgan fingerprint density at radius 2 is 2.14 bits per heavy atom. The molecule has 0 aliphatic carbocycles. The van der Waals surface area contributed by atoms with Crippen LogP contribution in [0.5, 0.6) is 0 Å². The van der Waals surface area contributed by atoms with E-state index in [1.165, 1.54) is 0 Å². The first-order chi connectivity index (χ1) is 6.77. The van der Waals surface area contributed by atoms with Crippen molar-refractivity contribution in [3.8, 4) is 0 Å². The summed E-state index contributed by atoms with van der Waals surface area (Å²) in [5.41, 5.74) is 0. The molecular weight excluding hydrogens is 200 g/mol. The van der Waals surface area contributed by atoms with Crippen LogP contribution in [0.4, 0.5) is 0 Å². The van der Waals surface area contributed by atoms with E-state index in [-0.39, 0.29) is 12.1 Å². The van der Waals surface area contributed by atoms with Crippen molar-refractivity contribution in [2.45, 2.75) is 18.6 Å². The number of aliphatic hydroxyl groups excluding tert-OH is 1. The summed E-state index contributed by atoms with van der Waals surface area (Å²) in [6.45, 7) is 3.42. The first-order valence-corrected chi connectivity index (χ1v) is 6.74. The van der Waals surface area contributed by atoms with Crippen molar-refractivity contribution in [1.29, 1.82) is 0 Å². The van der Waals surface area contributed by atoms with Crippen LogP contribution in [0.15, 0.2) is 0 Å². The fourth-order valence-corrected chi connectivity index (χ4v) is 3.31. The normalized spacial score (nSPS) is 41.1. The molecule has 0 aromatic heterocycles. The molecule has 2 heterocycles. The molecule has 5 heteroatoms. The third kappa shape index (κ3) is 2.34. The number of aliphatic hydroxyl groups is 1.